The van der Waals surface area contributed by atoms with Crippen LogP contribution in [0.2, 0.25) is 0 Å². The van der Waals surface area contributed by atoms with Gasteiger partial charge in [-0.15, -0.1) is 0 Å². The number of hydrogen-bond donors (Lipinski definition) is 1. The van der Waals surface area contributed by atoms with Crippen molar-refractivity contribution in [2.75, 3.05) is 7.11 Å². The standard InChI is InChI=1S/C25H19F2NO3/c1-31-25(30)23(28-24(29)20-11-10-17(26)13-22(20)27)14-21-18-8-4-2-6-15(18)12-16-7-3-5-9-19(16)21/h2-13,23H,14H2,1H3,(H,28,29)/t23-/m1/s1. The molecular weight excluding hydrogens is 400 g/mol. The number of benzene rings is 4. The lowest BCUT2D eigenvalue weighted by Gasteiger charge is -2.19. The fraction of sp³-hybridized carbons (Fsp3) is 0.120. The molecule has 156 valence electrons. The summed E-state index contributed by atoms with van der Waals surface area (Å²) in [7, 11) is 1.22. The summed E-state index contributed by atoms with van der Waals surface area (Å²) in [6.45, 7) is 0. The van der Waals surface area contributed by atoms with Crippen molar-refractivity contribution < 1.29 is 23.1 Å². The van der Waals surface area contributed by atoms with E-state index in [9.17, 15) is 18.4 Å². The molecule has 0 saturated carbocycles. The Kier molecular flexibility index (Phi) is 5.62. The van der Waals surface area contributed by atoms with Crippen LogP contribution in [0.25, 0.3) is 21.5 Å². The van der Waals surface area contributed by atoms with Crippen LogP contribution in [0.1, 0.15) is 15.9 Å². The first-order valence-corrected chi connectivity index (χ1v) is 9.71. The Hall–Kier alpha value is -3.80. The van der Waals surface area contributed by atoms with Gasteiger partial charge in [0.25, 0.3) is 5.91 Å². The SMILES string of the molecule is COC(=O)[C@@H](Cc1c2ccccc2cc2ccccc12)NC(=O)c1ccc(F)cc1F. The molecule has 6 heteroatoms. The summed E-state index contributed by atoms with van der Waals surface area (Å²) in [5.74, 6) is -3.28. The van der Waals surface area contributed by atoms with Crippen molar-refractivity contribution in [3.05, 3.63) is 95.6 Å². The summed E-state index contributed by atoms with van der Waals surface area (Å²) in [5.41, 5.74) is 0.516. The average Bonchev–Trinajstić information content (AvgIpc) is 2.77. The van der Waals surface area contributed by atoms with Gasteiger partial charge in [-0.25, -0.2) is 13.6 Å². The monoisotopic (exact) mass is 419 g/mol. The van der Waals surface area contributed by atoms with Crippen LogP contribution >= 0.6 is 0 Å². The highest BCUT2D eigenvalue weighted by atomic mass is 19.1. The first-order chi connectivity index (χ1) is 15.0. The molecule has 0 aromatic heterocycles. The Bertz CT molecular complexity index is 1250. The number of rotatable bonds is 5. The third-order valence-electron chi connectivity index (χ3n) is 5.26. The van der Waals surface area contributed by atoms with Gasteiger partial charge in [0, 0.05) is 12.5 Å². The zero-order valence-electron chi connectivity index (χ0n) is 16.7. The van der Waals surface area contributed by atoms with Crippen molar-refractivity contribution in [2.24, 2.45) is 0 Å². The Balaban J connectivity index is 1.75. The molecule has 4 rings (SSSR count). The minimum atomic E-state index is -1.06. The van der Waals surface area contributed by atoms with Crippen molar-refractivity contribution >= 4 is 33.4 Å². The Morgan fingerprint density at radius 2 is 1.52 bits per heavy atom. The van der Waals surface area contributed by atoms with Gasteiger partial charge < -0.3 is 10.1 Å². The number of ether oxygens (including phenoxy) is 1. The maximum Gasteiger partial charge on any atom is 0.328 e. The highest BCUT2D eigenvalue weighted by Crippen LogP contribution is 2.29. The fourth-order valence-corrected chi connectivity index (χ4v) is 3.78. The molecule has 0 saturated heterocycles. The minimum Gasteiger partial charge on any atom is -0.467 e. The molecule has 1 amide bonds. The minimum absolute atomic E-state index is 0.142. The summed E-state index contributed by atoms with van der Waals surface area (Å²) in [4.78, 5) is 25.1. The van der Waals surface area contributed by atoms with E-state index in [0.717, 1.165) is 39.2 Å². The van der Waals surface area contributed by atoms with E-state index in [4.69, 9.17) is 4.74 Å². The van der Waals surface area contributed by atoms with Gasteiger partial charge in [-0.2, -0.15) is 0 Å². The Morgan fingerprint density at radius 3 is 2.10 bits per heavy atom. The summed E-state index contributed by atoms with van der Waals surface area (Å²) < 4.78 is 32.1. The van der Waals surface area contributed by atoms with E-state index in [-0.39, 0.29) is 12.0 Å². The lowest BCUT2D eigenvalue weighted by Crippen LogP contribution is -2.43. The molecule has 0 aliphatic heterocycles. The largest absolute Gasteiger partial charge is 0.467 e. The second-order valence-corrected chi connectivity index (χ2v) is 7.17. The molecule has 0 spiro atoms. The summed E-state index contributed by atoms with van der Waals surface area (Å²) in [6, 6.07) is 19.2. The van der Waals surface area contributed by atoms with Gasteiger partial charge in [-0.05, 0) is 45.3 Å². The molecule has 0 radical (unpaired) electrons. The number of fused-ring (bicyclic) bond motifs is 2. The number of halogens is 2. The predicted molar refractivity (Wildman–Crippen MR) is 115 cm³/mol. The molecule has 1 atom stereocenters. The number of carbonyl (C=O) groups excluding carboxylic acids is 2. The summed E-state index contributed by atoms with van der Waals surface area (Å²) in [6.07, 6.45) is 0.142. The zero-order valence-corrected chi connectivity index (χ0v) is 16.7. The van der Waals surface area contributed by atoms with E-state index in [2.05, 4.69) is 11.4 Å². The van der Waals surface area contributed by atoms with Gasteiger partial charge >= 0.3 is 5.97 Å². The predicted octanol–water partition coefficient (Wildman–Crippen LogP) is 4.79. The second-order valence-electron chi connectivity index (χ2n) is 7.17. The number of carbonyl (C=O) groups is 2. The highest BCUT2D eigenvalue weighted by molar-refractivity contribution is 6.03. The number of amides is 1. The molecule has 31 heavy (non-hydrogen) atoms. The number of hydrogen-bond acceptors (Lipinski definition) is 3. The van der Waals surface area contributed by atoms with Crippen LogP contribution in [0, 0.1) is 11.6 Å². The molecule has 0 unspecified atom stereocenters. The van der Waals surface area contributed by atoms with Crippen molar-refractivity contribution in [3.63, 3.8) is 0 Å². The van der Waals surface area contributed by atoms with E-state index in [1.54, 1.807) is 0 Å². The number of esters is 1. The van der Waals surface area contributed by atoms with Gasteiger partial charge in [-0.3, -0.25) is 4.79 Å². The van der Waals surface area contributed by atoms with Gasteiger partial charge in [-0.1, -0.05) is 48.5 Å². The molecule has 4 nitrogen and oxygen atoms in total. The molecule has 0 fully saturated rings. The van der Waals surface area contributed by atoms with Crippen LogP contribution < -0.4 is 5.32 Å². The smallest absolute Gasteiger partial charge is 0.328 e. The quantitative estimate of drug-likeness (QED) is 0.374. The molecule has 1 N–H and O–H groups in total. The van der Waals surface area contributed by atoms with Gasteiger partial charge in [0.1, 0.15) is 17.7 Å². The summed E-state index contributed by atoms with van der Waals surface area (Å²) in [5, 5.41) is 6.42. The van der Waals surface area contributed by atoms with E-state index in [1.165, 1.54) is 7.11 Å². The molecule has 0 aliphatic rings. The fourth-order valence-electron chi connectivity index (χ4n) is 3.78. The third-order valence-corrected chi connectivity index (χ3v) is 5.26. The van der Waals surface area contributed by atoms with Crippen LogP contribution in [-0.2, 0) is 16.0 Å². The second kappa shape index (κ2) is 8.52. The van der Waals surface area contributed by atoms with Crippen LogP contribution in [0.4, 0.5) is 8.78 Å². The van der Waals surface area contributed by atoms with Crippen LogP contribution in [0.5, 0.6) is 0 Å². The van der Waals surface area contributed by atoms with Crippen LogP contribution in [-0.4, -0.2) is 25.0 Å². The van der Waals surface area contributed by atoms with Crippen molar-refractivity contribution in [1.29, 1.82) is 0 Å². The molecule has 0 bridgehead atoms. The molecular formula is C25H19F2NO3. The number of methoxy groups -OCH3 is 1. The molecule has 0 heterocycles. The van der Waals surface area contributed by atoms with Gasteiger partial charge in [0.15, 0.2) is 0 Å². The van der Waals surface area contributed by atoms with E-state index < -0.39 is 29.6 Å². The van der Waals surface area contributed by atoms with Crippen molar-refractivity contribution in [3.8, 4) is 0 Å². The van der Waals surface area contributed by atoms with Gasteiger partial charge in [0.05, 0.1) is 12.7 Å². The normalized spacial score (nSPS) is 12.0. The first-order valence-electron chi connectivity index (χ1n) is 9.71. The first kappa shape index (κ1) is 20.5. The van der Waals surface area contributed by atoms with Gasteiger partial charge in [0.2, 0.25) is 0 Å². The summed E-state index contributed by atoms with van der Waals surface area (Å²) >= 11 is 0. The van der Waals surface area contributed by atoms with E-state index in [1.807, 2.05) is 48.5 Å². The van der Waals surface area contributed by atoms with Crippen LogP contribution in [0.3, 0.4) is 0 Å². The third kappa shape index (κ3) is 4.10. The highest BCUT2D eigenvalue weighted by Gasteiger charge is 2.25. The van der Waals surface area contributed by atoms with E-state index in [0.29, 0.717) is 6.07 Å². The topological polar surface area (TPSA) is 55.4 Å². The maximum atomic E-state index is 14.1. The zero-order chi connectivity index (χ0) is 22.0. The van der Waals surface area contributed by atoms with Crippen LogP contribution in [0.15, 0.2) is 72.8 Å². The van der Waals surface area contributed by atoms with Crippen molar-refractivity contribution in [1.82, 2.24) is 5.32 Å². The maximum absolute atomic E-state index is 14.1. The number of nitrogens with one attached hydrogen (secondary N) is 1. The Labute approximate surface area is 177 Å². The average molecular weight is 419 g/mol. The van der Waals surface area contributed by atoms with E-state index >= 15 is 0 Å². The lowest BCUT2D eigenvalue weighted by atomic mass is 9.92. The Morgan fingerprint density at radius 1 is 0.903 bits per heavy atom. The lowest BCUT2D eigenvalue weighted by molar-refractivity contribution is -0.142. The molecule has 4 aromatic rings. The van der Waals surface area contributed by atoms with Crippen molar-refractivity contribution in [2.45, 2.75) is 12.5 Å². The molecule has 4 aromatic carbocycles. The molecule has 0 aliphatic carbocycles.